The Kier molecular flexibility index (Phi) is 4.75. The van der Waals surface area contributed by atoms with E-state index in [-0.39, 0.29) is 12.5 Å². The summed E-state index contributed by atoms with van der Waals surface area (Å²) in [5.74, 6) is -0.311. The molecule has 2 amide bonds. The van der Waals surface area contributed by atoms with Crippen molar-refractivity contribution in [2.75, 3.05) is 44.7 Å². The lowest BCUT2D eigenvalue weighted by Gasteiger charge is -2.35. The zero-order valence-electron chi connectivity index (χ0n) is 11.4. The molecule has 0 bridgehead atoms. The van der Waals surface area contributed by atoms with Gasteiger partial charge in [-0.1, -0.05) is 0 Å². The van der Waals surface area contributed by atoms with Crippen molar-refractivity contribution in [2.24, 2.45) is 0 Å². The van der Waals surface area contributed by atoms with Crippen LogP contribution in [0.5, 0.6) is 0 Å². The second-order valence-corrected chi connectivity index (χ2v) is 4.41. The average molecular weight is 278 g/mol. The summed E-state index contributed by atoms with van der Waals surface area (Å²) in [5, 5.41) is 2.40. The maximum atomic E-state index is 11.8. The summed E-state index contributed by atoms with van der Waals surface area (Å²) in [7, 11) is 1.50. The highest BCUT2D eigenvalue weighted by atomic mass is 16.6. The molecule has 7 heteroatoms. The number of nitrogens with zero attached hydrogens (tertiary/aromatic N) is 3. The highest BCUT2D eigenvalue weighted by molar-refractivity contribution is 5.79. The molecule has 1 aromatic heterocycles. The number of piperazine rings is 1. The predicted molar refractivity (Wildman–Crippen MR) is 73.4 cm³/mol. The van der Waals surface area contributed by atoms with Gasteiger partial charge in [-0.15, -0.1) is 0 Å². The zero-order valence-corrected chi connectivity index (χ0v) is 11.4. The smallest absolute Gasteiger partial charge is 0.410 e. The lowest BCUT2D eigenvalue weighted by Crippen LogP contribution is -2.49. The molecule has 0 aliphatic carbocycles. The Hall–Kier alpha value is -2.31. The summed E-state index contributed by atoms with van der Waals surface area (Å²) in [6, 6.07) is 3.89. The van der Waals surface area contributed by atoms with Crippen LogP contribution in [0.4, 0.5) is 10.5 Å². The monoisotopic (exact) mass is 278 g/mol. The molecule has 0 atom stereocenters. The van der Waals surface area contributed by atoms with Crippen molar-refractivity contribution in [3.63, 3.8) is 0 Å². The molecule has 1 aliphatic rings. The first-order valence-corrected chi connectivity index (χ1v) is 6.48. The molecule has 1 aliphatic heterocycles. The molecular weight excluding hydrogens is 260 g/mol. The van der Waals surface area contributed by atoms with E-state index >= 15 is 0 Å². The van der Waals surface area contributed by atoms with Gasteiger partial charge in [0.25, 0.3) is 5.91 Å². The van der Waals surface area contributed by atoms with Crippen molar-refractivity contribution in [1.29, 1.82) is 0 Å². The SMILES string of the molecule is CNC(=O)COC(=O)N1CCN(c2ccncc2)CC1. The minimum atomic E-state index is -0.442. The summed E-state index contributed by atoms with van der Waals surface area (Å²) >= 11 is 0. The van der Waals surface area contributed by atoms with Crippen molar-refractivity contribution in [3.8, 4) is 0 Å². The molecular formula is C13H18N4O3. The van der Waals surface area contributed by atoms with E-state index in [0.717, 1.165) is 18.8 Å². The number of carbonyl (C=O) groups is 2. The van der Waals surface area contributed by atoms with Crippen LogP contribution in [0.25, 0.3) is 0 Å². The number of carbonyl (C=O) groups excluding carboxylic acids is 2. The molecule has 1 aromatic rings. The molecule has 0 saturated carbocycles. The van der Waals surface area contributed by atoms with E-state index in [9.17, 15) is 9.59 Å². The van der Waals surface area contributed by atoms with E-state index in [2.05, 4.69) is 15.2 Å². The van der Waals surface area contributed by atoms with Crippen LogP contribution in [0, 0.1) is 0 Å². The Balaban J connectivity index is 1.79. The standard InChI is InChI=1S/C13H18N4O3/c1-14-12(18)10-20-13(19)17-8-6-16(7-9-17)11-2-4-15-5-3-11/h2-5H,6-10H2,1H3,(H,14,18). The summed E-state index contributed by atoms with van der Waals surface area (Å²) in [4.78, 5) is 30.6. The van der Waals surface area contributed by atoms with Gasteiger partial charge >= 0.3 is 6.09 Å². The van der Waals surface area contributed by atoms with Gasteiger partial charge in [-0.25, -0.2) is 4.79 Å². The number of anilines is 1. The van der Waals surface area contributed by atoms with Crippen LogP contribution in [0.2, 0.25) is 0 Å². The van der Waals surface area contributed by atoms with E-state index in [4.69, 9.17) is 4.74 Å². The van der Waals surface area contributed by atoms with Gasteiger partial charge in [-0.05, 0) is 12.1 Å². The Morgan fingerprint density at radius 3 is 2.50 bits per heavy atom. The highest BCUT2D eigenvalue weighted by Crippen LogP contribution is 2.14. The van der Waals surface area contributed by atoms with Crippen molar-refractivity contribution in [3.05, 3.63) is 24.5 Å². The molecule has 1 N–H and O–H groups in total. The fourth-order valence-electron chi connectivity index (χ4n) is 1.99. The van der Waals surface area contributed by atoms with Crippen molar-refractivity contribution < 1.29 is 14.3 Å². The van der Waals surface area contributed by atoms with Crippen LogP contribution in [0.1, 0.15) is 0 Å². The van der Waals surface area contributed by atoms with E-state index < -0.39 is 6.09 Å². The lowest BCUT2D eigenvalue weighted by atomic mass is 10.3. The minimum Gasteiger partial charge on any atom is -0.439 e. The van der Waals surface area contributed by atoms with Crippen LogP contribution in [-0.2, 0) is 9.53 Å². The predicted octanol–water partition coefficient (Wildman–Crippen LogP) is 0.0862. The number of nitrogens with one attached hydrogen (secondary N) is 1. The van der Waals surface area contributed by atoms with E-state index in [1.165, 1.54) is 7.05 Å². The van der Waals surface area contributed by atoms with Crippen LogP contribution in [0.3, 0.4) is 0 Å². The molecule has 2 rings (SSSR count). The zero-order chi connectivity index (χ0) is 14.4. The first-order chi connectivity index (χ1) is 9.70. The summed E-state index contributed by atoms with van der Waals surface area (Å²) in [5.41, 5.74) is 1.10. The van der Waals surface area contributed by atoms with E-state index in [0.29, 0.717) is 13.1 Å². The molecule has 7 nitrogen and oxygen atoms in total. The topological polar surface area (TPSA) is 74.8 Å². The van der Waals surface area contributed by atoms with Crippen molar-refractivity contribution in [2.45, 2.75) is 0 Å². The number of ether oxygens (including phenoxy) is 1. The number of hydrogen-bond acceptors (Lipinski definition) is 5. The normalized spacial score (nSPS) is 14.8. The first kappa shape index (κ1) is 14.1. The molecule has 0 radical (unpaired) electrons. The van der Waals surface area contributed by atoms with Crippen LogP contribution < -0.4 is 10.2 Å². The number of aromatic nitrogens is 1. The number of rotatable bonds is 3. The van der Waals surface area contributed by atoms with Crippen LogP contribution in [-0.4, -0.2) is 61.7 Å². The fraction of sp³-hybridized carbons (Fsp3) is 0.462. The molecule has 1 saturated heterocycles. The summed E-state index contributed by atoms with van der Waals surface area (Å²) < 4.78 is 4.92. The summed E-state index contributed by atoms with van der Waals surface area (Å²) in [6.45, 7) is 2.39. The van der Waals surface area contributed by atoms with Gasteiger partial charge in [-0.2, -0.15) is 0 Å². The number of amides is 2. The molecule has 108 valence electrons. The number of likely N-dealkylation sites (N-methyl/N-ethyl adjacent to an activating group) is 1. The average Bonchev–Trinajstić information content (AvgIpc) is 2.53. The third-order valence-electron chi connectivity index (χ3n) is 3.17. The third kappa shape index (κ3) is 3.59. The van der Waals surface area contributed by atoms with Crippen LogP contribution >= 0.6 is 0 Å². The quantitative estimate of drug-likeness (QED) is 0.848. The van der Waals surface area contributed by atoms with Crippen molar-refractivity contribution in [1.82, 2.24) is 15.2 Å². The van der Waals surface area contributed by atoms with Gasteiger partial charge in [0.15, 0.2) is 6.61 Å². The number of pyridine rings is 1. The van der Waals surface area contributed by atoms with Gasteiger partial charge < -0.3 is 19.9 Å². The Morgan fingerprint density at radius 1 is 1.25 bits per heavy atom. The second kappa shape index (κ2) is 6.74. The molecule has 0 aromatic carbocycles. The van der Waals surface area contributed by atoms with Gasteiger partial charge in [0.2, 0.25) is 0 Å². The Labute approximate surface area is 117 Å². The maximum Gasteiger partial charge on any atom is 0.410 e. The Morgan fingerprint density at radius 2 is 1.90 bits per heavy atom. The van der Waals surface area contributed by atoms with Gasteiger partial charge in [0, 0.05) is 51.3 Å². The molecule has 20 heavy (non-hydrogen) atoms. The first-order valence-electron chi connectivity index (χ1n) is 6.48. The highest BCUT2D eigenvalue weighted by Gasteiger charge is 2.22. The Bertz CT molecular complexity index is 458. The third-order valence-corrected chi connectivity index (χ3v) is 3.17. The molecule has 1 fully saturated rings. The summed E-state index contributed by atoms with van der Waals surface area (Å²) in [6.07, 6.45) is 3.06. The van der Waals surface area contributed by atoms with Crippen molar-refractivity contribution >= 4 is 17.7 Å². The fourth-order valence-corrected chi connectivity index (χ4v) is 1.99. The molecule has 2 heterocycles. The second-order valence-electron chi connectivity index (χ2n) is 4.41. The molecule has 0 unspecified atom stereocenters. The van der Waals surface area contributed by atoms with E-state index in [1.807, 2.05) is 12.1 Å². The van der Waals surface area contributed by atoms with Crippen LogP contribution in [0.15, 0.2) is 24.5 Å². The molecule has 0 spiro atoms. The van der Waals surface area contributed by atoms with Gasteiger partial charge in [0.1, 0.15) is 0 Å². The van der Waals surface area contributed by atoms with Gasteiger partial charge in [0.05, 0.1) is 0 Å². The number of hydrogen-bond donors (Lipinski definition) is 1. The van der Waals surface area contributed by atoms with E-state index in [1.54, 1.807) is 17.3 Å². The maximum absolute atomic E-state index is 11.8. The lowest BCUT2D eigenvalue weighted by molar-refractivity contribution is -0.123. The largest absolute Gasteiger partial charge is 0.439 e. The van der Waals surface area contributed by atoms with Gasteiger partial charge in [-0.3, -0.25) is 9.78 Å². The minimum absolute atomic E-state index is 0.236.